The molecular weight excluding hydrogens is 261 g/mol. The van der Waals surface area contributed by atoms with Crippen molar-refractivity contribution < 1.29 is 4.39 Å². The molecule has 1 aromatic rings. The Morgan fingerprint density at radius 3 is 3.11 bits per heavy atom. The van der Waals surface area contributed by atoms with Gasteiger partial charge in [-0.3, -0.25) is 4.99 Å². The van der Waals surface area contributed by atoms with Crippen molar-refractivity contribution in [2.24, 2.45) is 10.7 Å². The fraction of sp³-hybridized carbons (Fsp3) is 0.500. The molecule has 2 aliphatic heterocycles. The lowest BCUT2D eigenvalue weighted by Gasteiger charge is -2.46. The van der Waals surface area contributed by atoms with Crippen LogP contribution in [-0.4, -0.2) is 29.0 Å². The molecule has 0 bridgehead atoms. The molecule has 0 radical (unpaired) electrons. The van der Waals surface area contributed by atoms with Gasteiger partial charge in [-0.2, -0.15) is 11.8 Å². The highest BCUT2D eigenvalue weighted by Crippen LogP contribution is 2.43. The number of anilines is 1. The largest absolute Gasteiger partial charge is 0.369 e. The maximum absolute atomic E-state index is 13.5. The summed E-state index contributed by atoms with van der Waals surface area (Å²) in [6, 6.07) is 6.63. The van der Waals surface area contributed by atoms with E-state index in [2.05, 4.69) is 11.9 Å². The molecule has 2 aliphatic rings. The van der Waals surface area contributed by atoms with Crippen LogP contribution in [-0.2, 0) is 0 Å². The van der Waals surface area contributed by atoms with Crippen LogP contribution in [0.5, 0.6) is 0 Å². The van der Waals surface area contributed by atoms with E-state index in [9.17, 15) is 4.39 Å². The van der Waals surface area contributed by atoms with Crippen molar-refractivity contribution in [3.8, 4) is 0 Å². The van der Waals surface area contributed by atoms with Gasteiger partial charge in [0.05, 0.1) is 12.1 Å². The van der Waals surface area contributed by atoms with Gasteiger partial charge in [0.15, 0.2) is 5.96 Å². The lowest BCUT2D eigenvalue weighted by Crippen LogP contribution is -2.58. The molecule has 2 atom stereocenters. The molecule has 102 valence electrons. The number of benzene rings is 1. The average Bonchev–Trinajstić information content (AvgIpc) is 2.71. The number of hydrogen-bond donors (Lipinski definition) is 1. The molecule has 3 rings (SSSR count). The zero-order chi connectivity index (χ0) is 13.5. The van der Waals surface area contributed by atoms with E-state index >= 15 is 0 Å². The van der Waals surface area contributed by atoms with Gasteiger partial charge < -0.3 is 10.6 Å². The van der Waals surface area contributed by atoms with Crippen LogP contribution < -0.4 is 10.6 Å². The van der Waals surface area contributed by atoms with Crippen molar-refractivity contribution in [3.05, 3.63) is 30.1 Å². The molecule has 1 aromatic carbocycles. The van der Waals surface area contributed by atoms with Crippen LogP contribution in [0.1, 0.15) is 19.8 Å². The molecule has 2 unspecified atom stereocenters. The summed E-state index contributed by atoms with van der Waals surface area (Å²) in [5.41, 5.74) is 6.80. The molecule has 1 saturated heterocycles. The Morgan fingerprint density at radius 2 is 2.37 bits per heavy atom. The van der Waals surface area contributed by atoms with Crippen molar-refractivity contribution in [1.82, 2.24) is 0 Å². The molecule has 0 aromatic heterocycles. The van der Waals surface area contributed by atoms with Gasteiger partial charge in [-0.25, -0.2) is 4.39 Å². The summed E-state index contributed by atoms with van der Waals surface area (Å²) in [6.07, 6.45) is 2.21. The van der Waals surface area contributed by atoms with Gasteiger partial charge in [-0.15, -0.1) is 0 Å². The van der Waals surface area contributed by atoms with E-state index in [1.54, 1.807) is 12.1 Å². The number of halogens is 1. The third kappa shape index (κ3) is 2.00. The first-order valence-electron chi connectivity index (χ1n) is 6.61. The van der Waals surface area contributed by atoms with Crippen LogP contribution in [0.3, 0.4) is 0 Å². The first-order chi connectivity index (χ1) is 9.13. The second-order valence-electron chi connectivity index (χ2n) is 5.21. The molecule has 2 N–H and O–H groups in total. The van der Waals surface area contributed by atoms with E-state index in [1.165, 1.54) is 11.8 Å². The smallest absolute Gasteiger partial charge is 0.196 e. The Labute approximate surface area is 117 Å². The number of thioether (sulfide) groups is 1. The number of nitrogens with zero attached hydrogens (tertiary/aromatic N) is 2. The van der Waals surface area contributed by atoms with Crippen LogP contribution in [0.2, 0.25) is 0 Å². The first-order valence-corrected chi connectivity index (χ1v) is 7.66. The van der Waals surface area contributed by atoms with Crippen molar-refractivity contribution >= 4 is 23.4 Å². The summed E-state index contributed by atoms with van der Waals surface area (Å²) in [5, 5.41) is 0.439. The van der Waals surface area contributed by atoms with Gasteiger partial charge in [0.1, 0.15) is 5.82 Å². The number of aliphatic imine (C=N–C) groups is 1. The summed E-state index contributed by atoms with van der Waals surface area (Å²) >= 11 is 1.95. The fourth-order valence-corrected chi connectivity index (χ4v) is 4.36. The molecule has 0 amide bonds. The number of guanidine groups is 1. The maximum Gasteiger partial charge on any atom is 0.196 e. The molecule has 0 aliphatic carbocycles. The lowest BCUT2D eigenvalue weighted by atomic mass is 9.88. The highest BCUT2D eigenvalue weighted by atomic mass is 32.2. The molecule has 5 heteroatoms. The molecule has 1 fully saturated rings. The topological polar surface area (TPSA) is 41.6 Å². The Bertz CT molecular complexity index is 519. The summed E-state index contributed by atoms with van der Waals surface area (Å²) in [7, 11) is 0. The molecule has 1 spiro atoms. The Morgan fingerprint density at radius 1 is 1.53 bits per heavy atom. The first kappa shape index (κ1) is 12.8. The molecule has 0 saturated carbocycles. The normalized spacial score (nSPS) is 30.7. The number of nitrogens with two attached hydrogens (primary N) is 1. The van der Waals surface area contributed by atoms with Gasteiger partial charge in [-0.05, 0) is 36.8 Å². The van der Waals surface area contributed by atoms with Gasteiger partial charge in [0.25, 0.3) is 0 Å². The third-order valence-corrected chi connectivity index (χ3v) is 5.60. The predicted molar refractivity (Wildman–Crippen MR) is 79.3 cm³/mol. The van der Waals surface area contributed by atoms with Gasteiger partial charge in [-0.1, -0.05) is 13.0 Å². The van der Waals surface area contributed by atoms with E-state index in [4.69, 9.17) is 5.73 Å². The quantitative estimate of drug-likeness (QED) is 0.859. The number of hydrogen-bond acceptors (Lipinski definition) is 4. The van der Waals surface area contributed by atoms with Gasteiger partial charge in [0, 0.05) is 10.9 Å². The summed E-state index contributed by atoms with van der Waals surface area (Å²) in [6.45, 7) is 2.94. The zero-order valence-corrected chi connectivity index (χ0v) is 11.8. The Kier molecular flexibility index (Phi) is 3.17. The third-order valence-electron chi connectivity index (χ3n) is 4.13. The highest BCUT2D eigenvalue weighted by molar-refractivity contribution is 8.00. The Hall–Kier alpha value is -1.23. The number of rotatable bonds is 1. The molecule has 19 heavy (non-hydrogen) atoms. The highest BCUT2D eigenvalue weighted by Gasteiger charge is 2.48. The van der Waals surface area contributed by atoms with E-state index in [0.29, 0.717) is 17.8 Å². The van der Waals surface area contributed by atoms with E-state index in [-0.39, 0.29) is 11.4 Å². The van der Waals surface area contributed by atoms with Crippen molar-refractivity contribution in [3.63, 3.8) is 0 Å². The minimum absolute atomic E-state index is 0.0825. The maximum atomic E-state index is 13.5. The summed E-state index contributed by atoms with van der Waals surface area (Å²) in [4.78, 5) is 6.48. The second kappa shape index (κ2) is 4.71. The second-order valence-corrected chi connectivity index (χ2v) is 6.66. The van der Waals surface area contributed by atoms with Crippen LogP contribution in [0.25, 0.3) is 0 Å². The predicted octanol–water partition coefficient (Wildman–Crippen LogP) is 2.61. The molecule has 3 nitrogen and oxygen atoms in total. The van der Waals surface area contributed by atoms with Crippen LogP contribution >= 0.6 is 11.8 Å². The minimum atomic E-state index is -0.233. The lowest BCUT2D eigenvalue weighted by molar-refractivity contribution is 0.404. The molecule has 2 heterocycles. The minimum Gasteiger partial charge on any atom is -0.369 e. The van der Waals surface area contributed by atoms with Crippen LogP contribution in [0.15, 0.2) is 29.3 Å². The van der Waals surface area contributed by atoms with Crippen LogP contribution in [0.4, 0.5) is 10.1 Å². The van der Waals surface area contributed by atoms with E-state index < -0.39 is 0 Å². The van der Waals surface area contributed by atoms with Gasteiger partial charge >= 0.3 is 0 Å². The SMILES string of the molecule is CC1SCCCC12CN=C(N)N2c1cccc(F)c1. The van der Waals surface area contributed by atoms with Gasteiger partial charge in [0.2, 0.25) is 0 Å². The van der Waals surface area contributed by atoms with E-state index in [1.807, 2.05) is 22.7 Å². The van der Waals surface area contributed by atoms with Crippen LogP contribution in [0, 0.1) is 5.82 Å². The average molecular weight is 279 g/mol. The van der Waals surface area contributed by atoms with Crippen molar-refractivity contribution in [2.45, 2.75) is 30.6 Å². The van der Waals surface area contributed by atoms with E-state index in [0.717, 1.165) is 18.5 Å². The summed E-state index contributed by atoms with van der Waals surface area (Å²) in [5.74, 6) is 1.46. The monoisotopic (exact) mass is 279 g/mol. The Balaban J connectivity index is 2.03. The fourth-order valence-electron chi connectivity index (χ4n) is 3.09. The van der Waals surface area contributed by atoms with Crippen molar-refractivity contribution in [1.29, 1.82) is 0 Å². The zero-order valence-electron chi connectivity index (χ0n) is 11.0. The standard InChI is InChI=1S/C14H18FN3S/c1-10-14(6-3-7-19-10)9-17-13(16)18(14)12-5-2-4-11(15)8-12/h2,4-5,8,10H,3,6-7,9H2,1H3,(H2,16,17). The summed E-state index contributed by atoms with van der Waals surface area (Å²) < 4.78 is 13.5. The van der Waals surface area contributed by atoms with Crippen molar-refractivity contribution in [2.75, 3.05) is 17.2 Å². The molecular formula is C14H18FN3S.